The molecule has 0 heterocycles. The van der Waals surface area contributed by atoms with E-state index in [1.807, 2.05) is 78.9 Å². The van der Waals surface area contributed by atoms with Crippen molar-refractivity contribution in [3.05, 3.63) is 95.6 Å². The zero-order valence-corrected chi connectivity index (χ0v) is 20.2. The van der Waals surface area contributed by atoms with Crippen LogP contribution in [0.1, 0.15) is 29.2 Å². The lowest BCUT2D eigenvalue weighted by Crippen LogP contribution is -2.47. The maximum atomic E-state index is 13.0. The molecule has 0 radical (unpaired) electrons. The van der Waals surface area contributed by atoms with Crippen molar-refractivity contribution in [1.29, 1.82) is 0 Å². The SMILES string of the molecule is COC(=O)N(C1c2ccccc2-c2ccccc21)[C@@H](CC#CCNC(=O)OCc1ccccc1)C(=O)O. The van der Waals surface area contributed by atoms with Crippen LogP contribution in [0.3, 0.4) is 0 Å². The average molecular weight is 499 g/mol. The van der Waals surface area contributed by atoms with Crippen molar-refractivity contribution < 1.29 is 29.0 Å². The third kappa shape index (κ3) is 5.73. The van der Waals surface area contributed by atoms with Crippen LogP contribution in [0, 0.1) is 11.8 Å². The highest BCUT2D eigenvalue weighted by Crippen LogP contribution is 2.47. The largest absolute Gasteiger partial charge is 0.480 e. The van der Waals surface area contributed by atoms with E-state index in [2.05, 4.69) is 17.2 Å². The fourth-order valence-electron chi connectivity index (χ4n) is 4.37. The number of alkyl carbamates (subject to hydrolysis) is 1. The van der Waals surface area contributed by atoms with Crippen LogP contribution in [-0.4, -0.2) is 47.9 Å². The first-order valence-electron chi connectivity index (χ1n) is 11.7. The van der Waals surface area contributed by atoms with Crippen molar-refractivity contribution in [2.75, 3.05) is 13.7 Å². The lowest BCUT2D eigenvalue weighted by Gasteiger charge is -2.33. The van der Waals surface area contributed by atoms with E-state index >= 15 is 0 Å². The van der Waals surface area contributed by atoms with E-state index in [1.54, 1.807) is 0 Å². The Kier molecular flexibility index (Phi) is 8.06. The van der Waals surface area contributed by atoms with Crippen LogP contribution in [-0.2, 0) is 20.9 Å². The number of carboxylic acid groups (broad SMARTS) is 1. The second-order valence-corrected chi connectivity index (χ2v) is 8.28. The molecule has 1 aliphatic rings. The fraction of sp³-hybridized carbons (Fsp3) is 0.207. The molecule has 3 aromatic rings. The van der Waals surface area contributed by atoms with Gasteiger partial charge in [0.25, 0.3) is 0 Å². The number of rotatable bonds is 7. The topological polar surface area (TPSA) is 105 Å². The van der Waals surface area contributed by atoms with Gasteiger partial charge in [-0.05, 0) is 27.8 Å². The van der Waals surface area contributed by atoms with E-state index in [0.717, 1.165) is 27.8 Å². The monoisotopic (exact) mass is 498 g/mol. The number of carbonyl (C=O) groups excluding carboxylic acids is 2. The molecular formula is C29H26N2O6. The van der Waals surface area contributed by atoms with Gasteiger partial charge >= 0.3 is 18.2 Å². The number of amides is 2. The molecule has 1 atom stereocenters. The van der Waals surface area contributed by atoms with Crippen LogP contribution in [0.25, 0.3) is 11.1 Å². The van der Waals surface area contributed by atoms with Crippen LogP contribution in [0.5, 0.6) is 0 Å². The zero-order valence-electron chi connectivity index (χ0n) is 20.2. The van der Waals surface area contributed by atoms with Crippen LogP contribution < -0.4 is 5.32 Å². The van der Waals surface area contributed by atoms with Gasteiger partial charge in [-0.1, -0.05) is 90.7 Å². The van der Waals surface area contributed by atoms with Gasteiger partial charge in [0.2, 0.25) is 0 Å². The highest BCUT2D eigenvalue weighted by Gasteiger charge is 2.41. The molecule has 2 N–H and O–H groups in total. The van der Waals surface area contributed by atoms with Crippen LogP contribution in [0.15, 0.2) is 78.9 Å². The predicted molar refractivity (Wildman–Crippen MR) is 136 cm³/mol. The summed E-state index contributed by atoms with van der Waals surface area (Å²) in [6.45, 7) is 0.0902. The first-order chi connectivity index (χ1) is 18.0. The Balaban J connectivity index is 1.47. The molecule has 0 saturated carbocycles. The van der Waals surface area contributed by atoms with Crippen molar-refractivity contribution in [3.8, 4) is 23.0 Å². The van der Waals surface area contributed by atoms with E-state index in [4.69, 9.17) is 9.47 Å². The molecule has 3 aromatic carbocycles. The summed E-state index contributed by atoms with van der Waals surface area (Å²) in [6, 6.07) is 22.5. The third-order valence-corrected chi connectivity index (χ3v) is 6.04. The number of fused-ring (bicyclic) bond motifs is 3. The molecular weight excluding hydrogens is 472 g/mol. The Morgan fingerprint density at radius 2 is 1.51 bits per heavy atom. The number of nitrogens with one attached hydrogen (secondary N) is 1. The number of ether oxygens (including phenoxy) is 2. The molecule has 0 fully saturated rings. The highest BCUT2D eigenvalue weighted by atomic mass is 16.5. The Labute approximate surface area is 214 Å². The summed E-state index contributed by atoms with van der Waals surface area (Å²) in [5, 5.41) is 12.6. The molecule has 0 spiro atoms. The number of benzene rings is 3. The summed E-state index contributed by atoms with van der Waals surface area (Å²) in [4.78, 5) is 38.4. The minimum absolute atomic E-state index is 0.0344. The normalized spacial score (nSPS) is 12.2. The fourth-order valence-corrected chi connectivity index (χ4v) is 4.37. The minimum Gasteiger partial charge on any atom is -0.480 e. The van der Waals surface area contributed by atoms with Gasteiger partial charge in [-0.15, -0.1) is 0 Å². The summed E-state index contributed by atoms with van der Waals surface area (Å²) in [5.41, 5.74) is 4.36. The number of carboxylic acids is 1. The molecule has 188 valence electrons. The van der Waals surface area contributed by atoms with Crippen LogP contribution in [0.2, 0.25) is 0 Å². The van der Waals surface area contributed by atoms with Crippen molar-refractivity contribution in [3.63, 3.8) is 0 Å². The van der Waals surface area contributed by atoms with Crippen molar-refractivity contribution >= 4 is 18.2 Å². The highest BCUT2D eigenvalue weighted by molar-refractivity contribution is 5.85. The molecule has 0 saturated heterocycles. The molecule has 0 bridgehead atoms. The maximum absolute atomic E-state index is 13.0. The van der Waals surface area contributed by atoms with E-state index in [1.165, 1.54) is 12.0 Å². The molecule has 0 unspecified atom stereocenters. The minimum atomic E-state index is -1.28. The second kappa shape index (κ2) is 11.8. The summed E-state index contributed by atoms with van der Waals surface area (Å²) in [6.07, 6.45) is -1.57. The van der Waals surface area contributed by atoms with Gasteiger partial charge in [-0.2, -0.15) is 0 Å². The first-order valence-corrected chi connectivity index (χ1v) is 11.7. The van der Waals surface area contributed by atoms with Crippen LogP contribution in [0.4, 0.5) is 9.59 Å². The third-order valence-electron chi connectivity index (χ3n) is 6.04. The average Bonchev–Trinajstić information content (AvgIpc) is 3.25. The molecule has 0 aromatic heterocycles. The lowest BCUT2D eigenvalue weighted by atomic mass is 10.0. The quantitative estimate of drug-likeness (QED) is 0.462. The van der Waals surface area contributed by atoms with Gasteiger partial charge < -0.3 is 19.9 Å². The molecule has 2 amide bonds. The molecule has 37 heavy (non-hydrogen) atoms. The van der Waals surface area contributed by atoms with Gasteiger partial charge in [-0.25, -0.2) is 14.4 Å². The van der Waals surface area contributed by atoms with Gasteiger partial charge in [0.1, 0.15) is 12.6 Å². The Morgan fingerprint density at radius 1 is 0.919 bits per heavy atom. The smallest absolute Gasteiger partial charge is 0.411 e. The molecule has 0 aliphatic heterocycles. The summed E-state index contributed by atoms with van der Waals surface area (Å²) in [5.74, 6) is 4.30. The van der Waals surface area contributed by atoms with Crippen molar-refractivity contribution in [1.82, 2.24) is 10.2 Å². The van der Waals surface area contributed by atoms with Gasteiger partial charge in [-0.3, -0.25) is 4.90 Å². The first kappa shape index (κ1) is 25.3. The summed E-state index contributed by atoms with van der Waals surface area (Å²) < 4.78 is 10.1. The van der Waals surface area contributed by atoms with E-state index < -0.39 is 30.2 Å². The van der Waals surface area contributed by atoms with E-state index in [0.29, 0.717) is 0 Å². The van der Waals surface area contributed by atoms with Gasteiger partial charge in [0, 0.05) is 6.42 Å². The Hall–Kier alpha value is -4.77. The standard InChI is InChI=1S/C29H26N2O6/c1-36-29(35)31(26-23-15-7-5-13-21(23)22-14-6-8-16-24(22)26)25(27(32)33)17-9-10-18-30-28(34)37-19-20-11-3-2-4-12-20/h2-8,11-16,25-26H,17-19H2,1H3,(H,30,34)(H,32,33)/t25-/m0/s1. The summed E-state index contributed by atoms with van der Waals surface area (Å²) in [7, 11) is 1.22. The zero-order chi connectivity index (χ0) is 26.2. The van der Waals surface area contributed by atoms with Crippen LogP contribution >= 0.6 is 0 Å². The number of methoxy groups -OCH3 is 1. The number of carbonyl (C=O) groups is 3. The van der Waals surface area contributed by atoms with Crippen molar-refractivity contribution in [2.45, 2.75) is 25.1 Å². The number of hydrogen-bond donors (Lipinski definition) is 2. The molecule has 8 nitrogen and oxygen atoms in total. The van der Waals surface area contributed by atoms with Gasteiger partial charge in [0.05, 0.1) is 19.7 Å². The predicted octanol–water partition coefficient (Wildman–Crippen LogP) is 4.60. The number of aliphatic carboxylic acids is 1. The maximum Gasteiger partial charge on any atom is 0.411 e. The lowest BCUT2D eigenvalue weighted by molar-refractivity contribution is -0.143. The Bertz CT molecular complexity index is 1300. The number of hydrogen-bond acceptors (Lipinski definition) is 5. The molecule has 4 rings (SSSR count). The molecule has 8 heteroatoms. The van der Waals surface area contributed by atoms with Crippen molar-refractivity contribution in [2.24, 2.45) is 0 Å². The van der Waals surface area contributed by atoms with E-state index in [9.17, 15) is 19.5 Å². The number of nitrogens with zero attached hydrogens (tertiary/aromatic N) is 1. The Morgan fingerprint density at radius 3 is 2.11 bits per heavy atom. The van der Waals surface area contributed by atoms with Gasteiger partial charge in [0.15, 0.2) is 0 Å². The second-order valence-electron chi connectivity index (χ2n) is 8.28. The molecule has 1 aliphatic carbocycles. The summed E-state index contributed by atoms with van der Waals surface area (Å²) >= 11 is 0. The van der Waals surface area contributed by atoms with E-state index in [-0.39, 0.29) is 19.6 Å².